The summed E-state index contributed by atoms with van der Waals surface area (Å²) in [5.41, 5.74) is 1.92. The van der Waals surface area contributed by atoms with Crippen LogP contribution in [0.4, 0.5) is 11.6 Å². The number of benzene rings is 2. The van der Waals surface area contributed by atoms with Crippen LogP contribution in [0.25, 0.3) is 5.57 Å². The first kappa shape index (κ1) is 20.5. The first-order chi connectivity index (χ1) is 13.8. The van der Waals surface area contributed by atoms with Gasteiger partial charge in [0.2, 0.25) is 11.9 Å². The highest BCUT2D eigenvalue weighted by Crippen LogP contribution is 2.23. The van der Waals surface area contributed by atoms with Crippen LogP contribution in [0.15, 0.2) is 78.0 Å². The zero-order valence-electron chi connectivity index (χ0n) is 15.3. The Morgan fingerprint density at radius 3 is 2.31 bits per heavy atom. The number of nitrogens with one attached hydrogen (secondary N) is 2. The number of nitrogens with zero attached hydrogens (tertiary/aromatic N) is 2. The van der Waals surface area contributed by atoms with Gasteiger partial charge in [-0.25, -0.2) is 23.1 Å². The molecule has 1 amide bonds. The minimum absolute atomic E-state index is 0.0192. The van der Waals surface area contributed by atoms with Crippen LogP contribution in [0.3, 0.4) is 0 Å². The number of carbonyl (C=O) groups is 1. The van der Waals surface area contributed by atoms with Crippen molar-refractivity contribution in [2.24, 2.45) is 0 Å². The molecule has 2 aromatic carbocycles. The van der Waals surface area contributed by atoms with E-state index in [1.54, 1.807) is 19.1 Å². The maximum Gasteiger partial charge on any atom is 0.264 e. The fourth-order valence-corrected chi connectivity index (χ4v) is 3.72. The Bertz CT molecular complexity index is 1150. The van der Waals surface area contributed by atoms with Gasteiger partial charge in [0.05, 0.1) is 4.90 Å². The highest BCUT2D eigenvalue weighted by atomic mass is 35.5. The Balaban J connectivity index is 1.69. The van der Waals surface area contributed by atoms with Gasteiger partial charge in [0.15, 0.2) is 0 Å². The number of sulfonamides is 1. The molecule has 0 unspecified atom stereocenters. The summed E-state index contributed by atoms with van der Waals surface area (Å²) >= 11 is 6.14. The minimum atomic E-state index is -3.83. The second kappa shape index (κ2) is 8.85. The molecule has 0 aliphatic rings. The highest BCUT2D eigenvalue weighted by molar-refractivity contribution is 7.92. The molecule has 0 aliphatic heterocycles. The van der Waals surface area contributed by atoms with Gasteiger partial charge in [-0.1, -0.05) is 29.8 Å². The molecule has 29 heavy (non-hydrogen) atoms. The molecule has 3 aromatic rings. The molecule has 0 saturated heterocycles. The van der Waals surface area contributed by atoms with Crippen molar-refractivity contribution in [1.82, 2.24) is 9.97 Å². The quantitative estimate of drug-likeness (QED) is 0.578. The molecule has 1 aromatic heterocycles. The third kappa shape index (κ3) is 5.40. The van der Waals surface area contributed by atoms with Crippen LogP contribution < -0.4 is 10.0 Å². The average Bonchev–Trinajstić information content (AvgIpc) is 2.69. The predicted octanol–water partition coefficient (Wildman–Crippen LogP) is 3.97. The standard InChI is InChI=1S/C20H17ClN4O3S/c1-14(17-5-2-3-6-18(17)21)13-19(26)24-15-7-9-16(10-8-15)29(27,28)25-20-22-11-4-12-23-20/h2-13H,1H3,(H,24,26)(H,22,23,25). The van der Waals surface area contributed by atoms with Crippen molar-refractivity contribution >= 4 is 44.7 Å². The van der Waals surface area contributed by atoms with Crippen LogP contribution in [-0.2, 0) is 14.8 Å². The topological polar surface area (TPSA) is 101 Å². The summed E-state index contributed by atoms with van der Waals surface area (Å²) in [6.07, 6.45) is 4.30. The lowest BCUT2D eigenvalue weighted by molar-refractivity contribution is -0.111. The number of hydrogen-bond donors (Lipinski definition) is 2. The van der Waals surface area contributed by atoms with Crippen LogP contribution in [0.1, 0.15) is 12.5 Å². The highest BCUT2D eigenvalue weighted by Gasteiger charge is 2.15. The number of amides is 1. The molecule has 0 bridgehead atoms. The number of anilines is 2. The fourth-order valence-electron chi connectivity index (χ4n) is 2.48. The number of carbonyl (C=O) groups excluding carboxylic acids is 1. The van der Waals surface area contributed by atoms with E-state index in [2.05, 4.69) is 20.0 Å². The molecule has 0 radical (unpaired) electrons. The third-order valence-electron chi connectivity index (χ3n) is 3.87. The van der Waals surface area contributed by atoms with Crippen molar-refractivity contribution in [3.8, 4) is 0 Å². The predicted molar refractivity (Wildman–Crippen MR) is 113 cm³/mol. The van der Waals surface area contributed by atoms with Gasteiger partial charge in [-0.2, -0.15) is 0 Å². The Morgan fingerprint density at radius 1 is 1.00 bits per heavy atom. The van der Waals surface area contributed by atoms with Crippen LogP contribution in [0.5, 0.6) is 0 Å². The van der Waals surface area contributed by atoms with Gasteiger partial charge in [0.25, 0.3) is 10.0 Å². The van der Waals surface area contributed by atoms with E-state index in [-0.39, 0.29) is 16.8 Å². The maximum atomic E-state index is 12.4. The second-order valence-electron chi connectivity index (χ2n) is 6.00. The summed E-state index contributed by atoms with van der Waals surface area (Å²) in [6.45, 7) is 1.79. The second-order valence-corrected chi connectivity index (χ2v) is 8.09. The lowest BCUT2D eigenvalue weighted by Gasteiger charge is -2.08. The van der Waals surface area contributed by atoms with Crippen molar-refractivity contribution in [1.29, 1.82) is 0 Å². The van der Waals surface area contributed by atoms with Crippen LogP contribution >= 0.6 is 11.6 Å². The smallest absolute Gasteiger partial charge is 0.264 e. The molecule has 2 N–H and O–H groups in total. The normalized spacial score (nSPS) is 11.7. The number of aromatic nitrogens is 2. The average molecular weight is 429 g/mol. The lowest BCUT2D eigenvalue weighted by Crippen LogP contribution is -2.15. The summed E-state index contributed by atoms with van der Waals surface area (Å²) in [7, 11) is -3.83. The summed E-state index contributed by atoms with van der Waals surface area (Å²) in [4.78, 5) is 19.9. The summed E-state index contributed by atoms with van der Waals surface area (Å²) in [5.74, 6) is -0.376. The number of halogens is 1. The molecule has 0 spiro atoms. The molecule has 9 heteroatoms. The molecule has 7 nitrogen and oxygen atoms in total. The molecule has 0 fully saturated rings. The molecule has 0 atom stereocenters. The van der Waals surface area contributed by atoms with E-state index in [1.165, 1.54) is 42.7 Å². The van der Waals surface area contributed by atoms with E-state index < -0.39 is 10.0 Å². The first-order valence-corrected chi connectivity index (χ1v) is 10.4. The van der Waals surface area contributed by atoms with Crippen molar-refractivity contribution in [2.45, 2.75) is 11.8 Å². The van der Waals surface area contributed by atoms with Crippen molar-refractivity contribution in [2.75, 3.05) is 10.0 Å². The molecule has 148 valence electrons. The number of allylic oxidation sites excluding steroid dienone is 1. The Morgan fingerprint density at radius 2 is 1.66 bits per heavy atom. The number of rotatable bonds is 6. The summed E-state index contributed by atoms with van der Waals surface area (Å²) in [6, 6.07) is 14.6. The zero-order chi connectivity index (χ0) is 20.9. The van der Waals surface area contributed by atoms with Crippen LogP contribution in [-0.4, -0.2) is 24.3 Å². The van der Waals surface area contributed by atoms with Gasteiger partial charge >= 0.3 is 0 Å². The van der Waals surface area contributed by atoms with Gasteiger partial charge in [0.1, 0.15) is 0 Å². The molecule has 0 saturated carbocycles. The zero-order valence-corrected chi connectivity index (χ0v) is 16.9. The minimum Gasteiger partial charge on any atom is -0.323 e. The number of hydrogen-bond acceptors (Lipinski definition) is 5. The molecule has 0 aliphatic carbocycles. The van der Waals surface area contributed by atoms with Gasteiger partial charge in [-0.05, 0) is 54.5 Å². The monoisotopic (exact) mass is 428 g/mol. The first-order valence-electron chi connectivity index (χ1n) is 8.49. The Kier molecular flexibility index (Phi) is 6.26. The largest absolute Gasteiger partial charge is 0.323 e. The van der Waals surface area contributed by atoms with Crippen LogP contribution in [0.2, 0.25) is 5.02 Å². The van der Waals surface area contributed by atoms with E-state index in [4.69, 9.17) is 11.6 Å². The molecular formula is C20H17ClN4O3S. The van der Waals surface area contributed by atoms with E-state index in [0.29, 0.717) is 16.3 Å². The fraction of sp³-hybridized carbons (Fsp3) is 0.0500. The van der Waals surface area contributed by atoms with Gasteiger partial charge < -0.3 is 5.32 Å². The summed E-state index contributed by atoms with van der Waals surface area (Å²) < 4.78 is 27.0. The van der Waals surface area contributed by atoms with E-state index in [1.807, 2.05) is 18.2 Å². The third-order valence-corrected chi connectivity index (χ3v) is 5.54. The van der Waals surface area contributed by atoms with Crippen molar-refractivity contribution in [3.63, 3.8) is 0 Å². The van der Waals surface area contributed by atoms with Crippen molar-refractivity contribution < 1.29 is 13.2 Å². The van der Waals surface area contributed by atoms with E-state index in [0.717, 1.165) is 5.56 Å². The lowest BCUT2D eigenvalue weighted by atomic mass is 10.1. The van der Waals surface area contributed by atoms with E-state index >= 15 is 0 Å². The van der Waals surface area contributed by atoms with E-state index in [9.17, 15) is 13.2 Å². The van der Waals surface area contributed by atoms with Gasteiger partial charge in [-0.15, -0.1) is 0 Å². The Hall–Kier alpha value is -3.23. The molecular weight excluding hydrogens is 412 g/mol. The Labute approximate surface area is 173 Å². The van der Waals surface area contributed by atoms with Crippen LogP contribution in [0, 0.1) is 0 Å². The SMILES string of the molecule is CC(=CC(=O)Nc1ccc(S(=O)(=O)Nc2ncccn2)cc1)c1ccccc1Cl. The summed E-state index contributed by atoms with van der Waals surface area (Å²) in [5, 5.41) is 3.25. The van der Waals surface area contributed by atoms with Crippen molar-refractivity contribution in [3.05, 3.63) is 83.7 Å². The molecule has 1 heterocycles. The van der Waals surface area contributed by atoms with Gasteiger partial charge in [-0.3, -0.25) is 4.79 Å². The maximum absolute atomic E-state index is 12.4. The van der Waals surface area contributed by atoms with Gasteiger partial charge in [0, 0.05) is 29.2 Å². The molecule has 3 rings (SSSR count).